The Morgan fingerprint density at radius 1 is 1.18 bits per heavy atom. The van der Waals surface area contributed by atoms with Gasteiger partial charge in [0.05, 0.1) is 5.69 Å². The van der Waals surface area contributed by atoms with Crippen molar-refractivity contribution >= 4 is 5.82 Å². The molecule has 0 fully saturated rings. The van der Waals surface area contributed by atoms with Crippen LogP contribution in [-0.2, 0) is 7.05 Å². The predicted molar refractivity (Wildman–Crippen MR) is 61.7 cm³/mol. The van der Waals surface area contributed by atoms with E-state index in [1.807, 2.05) is 0 Å². The standard InChI is InChI=1S/C11H10FN3O2/c1-14-10(16)6-9(13)15(11(14)17)8-4-2-7(12)3-5-8/h2-6H,13H2,1H3. The second kappa shape index (κ2) is 3.89. The molecule has 88 valence electrons. The van der Waals surface area contributed by atoms with Crippen molar-refractivity contribution in [3.63, 3.8) is 0 Å². The number of anilines is 1. The van der Waals surface area contributed by atoms with Crippen molar-refractivity contribution in [1.82, 2.24) is 9.13 Å². The first kappa shape index (κ1) is 11.1. The Morgan fingerprint density at radius 3 is 2.35 bits per heavy atom. The van der Waals surface area contributed by atoms with Crippen molar-refractivity contribution in [1.29, 1.82) is 0 Å². The molecule has 0 saturated heterocycles. The van der Waals surface area contributed by atoms with Gasteiger partial charge in [-0.2, -0.15) is 0 Å². The number of aromatic nitrogens is 2. The first-order valence-corrected chi connectivity index (χ1v) is 4.85. The number of hydrogen-bond donors (Lipinski definition) is 1. The van der Waals surface area contributed by atoms with Gasteiger partial charge in [0.1, 0.15) is 11.6 Å². The molecule has 6 heteroatoms. The van der Waals surface area contributed by atoms with E-state index in [2.05, 4.69) is 0 Å². The summed E-state index contributed by atoms with van der Waals surface area (Å²) in [4.78, 5) is 23.2. The van der Waals surface area contributed by atoms with E-state index in [1.54, 1.807) is 0 Å². The second-order valence-electron chi connectivity index (χ2n) is 3.56. The summed E-state index contributed by atoms with van der Waals surface area (Å²) >= 11 is 0. The lowest BCUT2D eigenvalue weighted by molar-refractivity contribution is 0.627. The minimum absolute atomic E-state index is 0.0182. The lowest BCUT2D eigenvalue weighted by Gasteiger charge is -2.10. The Morgan fingerprint density at radius 2 is 1.76 bits per heavy atom. The van der Waals surface area contributed by atoms with Gasteiger partial charge < -0.3 is 5.73 Å². The maximum Gasteiger partial charge on any atom is 0.336 e. The summed E-state index contributed by atoms with van der Waals surface area (Å²) in [5, 5.41) is 0. The van der Waals surface area contributed by atoms with Crippen LogP contribution < -0.4 is 17.0 Å². The van der Waals surface area contributed by atoms with Crippen LogP contribution in [0.25, 0.3) is 5.69 Å². The van der Waals surface area contributed by atoms with E-state index in [0.717, 1.165) is 15.2 Å². The molecule has 0 radical (unpaired) electrons. The molecule has 2 aromatic rings. The zero-order chi connectivity index (χ0) is 12.6. The third kappa shape index (κ3) is 1.84. The zero-order valence-electron chi connectivity index (χ0n) is 9.05. The molecule has 0 amide bonds. The van der Waals surface area contributed by atoms with Crippen molar-refractivity contribution in [2.75, 3.05) is 5.73 Å². The van der Waals surface area contributed by atoms with Crippen LogP contribution in [0.3, 0.4) is 0 Å². The van der Waals surface area contributed by atoms with Crippen molar-refractivity contribution in [2.24, 2.45) is 7.05 Å². The highest BCUT2D eigenvalue weighted by Crippen LogP contribution is 2.09. The maximum absolute atomic E-state index is 12.8. The van der Waals surface area contributed by atoms with Crippen LogP contribution in [-0.4, -0.2) is 9.13 Å². The molecule has 2 N–H and O–H groups in total. The molecule has 1 aromatic heterocycles. The van der Waals surface area contributed by atoms with Crippen LogP contribution in [0.5, 0.6) is 0 Å². The van der Waals surface area contributed by atoms with E-state index in [4.69, 9.17) is 5.73 Å². The Hall–Kier alpha value is -2.37. The fourth-order valence-corrected chi connectivity index (χ4v) is 1.49. The molecule has 0 aliphatic rings. The fourth-order valence-electron chi connectivity index (χ4n) is 1.49. The number of nitrogens with zero attached hydrogens (tertiary/aromatic N) is 2. The first-order chi connectivity index (χ1) is 8.00. The fraction of sp³-hybridized carbons (Fsp3) is 0.0909. The molecule has 0 bridgehead atoms. The number of benzene rings is 1. The summed E-state index contributed by atoms with van der Waals surface area (Å²) < 4.78 is 14.8. The Balaban J connectivity index is 2.76. The van der Waals surface area contributed by atoms with Gasteiger partial charge in [-0.25, -0.2) is 13.8 Å². The molecule has 0 atom stereocenters. The van der Waals surface area contributed by atoms with Gasteiger partial charge in [-0.05, 0) is 24.3 Å². The molecule has 0 aliphatic carbocycles. The van der Waals surface area contributed by atoms with E-state index in [9.17, 15) is 14.0 Å². The highest BCUT2D eigenvalue weighted by Gasteiger charge is 2.08. The number of nitrogens with two attached hydrogens (primary N) is 1. The molecule has 0 unspecified atom stereocenters. The molecule has 0 saturated carbocycles. The molecule has 1 aromatic carbocycles. The molecular weight excluding hydrogens is 225 g/mol. The lowest BCUT2D eigenvalue weighted by Crippen LogP contribution is -2.37. The molecule has 5 nitrogen and oxygen atoms in total. The lowest BCUT2D eigenvalue weighted by atomic mass is 10.3. The van der Waals surface area contributed by atoms with E-state index in [-0.39, 0.29) is 5.82 Å². The van der Waals surface area contributed by atoms with Crippen LogP contribution in [0.2, 0.25) is 0 Å². The highest BCUT2D eigenvalue weighted by atomic mass is 19.1. The third-order valence-electron chi connectivity index (χ3n) is 2.42. The Kier molecular flexibility index (Phi) is 2.55. The minimum atomic E-state index is -0.568. The van der Waals surface area contributed by atoms with Crippen molar-refractivity contribution in [3.8, 4) is 5.69 Å². The van der Waals surface area contributed by atoms with E-state index >= 15 is 0 Å². The van der Waals surface area contributed by atoms with Gasteiger partial charge in [-0.1, -0.05) is 0 Å². The van der Waals surface area contributed by atoms with Crippen LogP contribution >= 0.6 is 0 Å². The first-order valence-electron chi connectivity index (χ1n) is 4.85. The van der Waals surface area contributed by atoms with Crippen LogP contribution in [0, 0.1) is 5.82 Å². The summed E-state index contributed by atoms with van der Waals surface area (Å²) in [6.07, 6.45) is 0. The number of hydrogen-bond acceptors (Lipinski definition) is 3. The third-order valence-corrected chi connectivity index (χ3v) is 2.42. The maximum atomic E-state index is 12.8. The summed E-state index contributed by atoms with van der Waals surface area (Å²) in [5.74, 6) is -0.394. The van der Waals surface area contributed by atoms with Crippen molar-refractivity contribution in [3.05, 3.63) is 57.0 Å². The summed E-state index contributed by atoms with van der Waals surface area (Å²) in [7, 11) is 1.35. The summed E-state index contributed by atoms with van der Waals surface area (Å²) in [5.41, 5.74) is 4.98. The second-order valence-corrected chi connectivity index (χ2v) is 3.56. The molecular formula is C11H10FN3O2. The van der Waals surface area contributed by atoms with E-state index in [0.29, 0.717) is 5.69 Å². The average molecular weight is 235 g/mol. The monoisotopic (exact) mass is 235 g/mol. The summed E-state index contributed by atoms with van der Waals surface area (Å²) in [6.45, 7) is 0. The average Bonchev–Trinajstić information content (AvgIpc) is 2.29. The quantitative estimate of drug-likeness (QED) is 0.770. The number of halogens is 1. The van der Waals surface area contributed by atoms with Gasteiger partial charge in [-0.3, -0.25) is 9.36 Å². The van der Waals surface area contributed by atoms with Crippen molar-refractivity contribution < 1.29 is 4.39 Å². The molecule has 17 heavy (non-hydrogen) atoms. The zero-order valence-corrected chi connectivity index (χ0v) is 9.05. The SMILES string of the molecule is Cn1c(=O)cc(N)n(-c2ccc(F)cc2)c1=O. The largest absolute Gasteiger partial charge is 0.385 e. The van der Waals surface area contributed by atoms with Gasteiger partial charge in [0.15, 0.2) is 0 Å². The Labute approximate surface area is 95.5 Å². The van der Waals surface area contributed by atoms with Crippen LogP contribution in [0.1, 0.15) is 0 Å². The van der Waals surface area contributed by atoms with Gasteiger partial charge in [0.25, 0.3) is 5.56 Å². The van der Waals surface area contributed by atoms with Gasteiger partial charge >= 0.3 is 5.69 Å². The van der Waals surface area contributed by atoms with Gasteiger partial charge in [0.2, 0.25) is 0 Å². The highest BCUT2D eigenvalue weighted by molar-refractivity contribution is 5.41. The Bertz CT molecular complexity index is 671. The van der Waals surface area contributed by atoms with Crippen LogP contribution in [0.4, 0.5) is 10.2 Å². The predicted octanol–water partition coefficient (Wildman–Crippen LogP) is 0.258. The van der Waals surface area contributed by atoms with Gasteiger partial charge in [-0.15, -0.1) is 0 Å². The molecule has 2 rings (SSSR count). The molecule has 0 aliphatic heterocycles. The minimum Gasteiger partial charge on any atom is -0.385 e. The van der Waals surface area contributed by atoms with Crippen molar-refractivity contribution in [2.45, 2.75) is 0 Å². The number of nitrogen functional groups attached to an aromatic ring is 1. The normalized spacial score (nSPS) is 10.5. The van der Waals surface area contributed by atoms with Gasteiger partial charge in [0, 0.05) is 13.1 Å². The molecule has 0 spiro atoms. The van der Waals surface area contributed by atoms with E-state index in [1.165, 1.54) is 31.3 Å². The van der Waals surface area contributed by atoms with E-state index < -0.39 is 17.1 Å². The molecule has 1 heterocycles. The summed E-state index contributed by atoms with van der Waals surface area (Å²) in [6, 6.07) is 6.40. The topological polar surface area (TPSA) is 70.0 Å². The number of rotatable bonds is 1. The smallest absolute Gasteiger partial charge is 0.336 e. The van der Waals surface area contributed by atoms with Crippen LogP contribution in [0.15, 0.2) is 39.9 Å².